The second kappa shape index (κ2) is 7.18. The minimum atomic E-state index is -0.0984. The topological polar surface area (TPSA) is 40.6 Å². The van der Waals surface area contributed by atoms with Crippen molar-refractivity contribution in [2.24, 2.45) is 11.8 Å². The van der Waals surface area contributed by atoms with Gasteiger partial charge in [-0.1, -0.05) is 60.7 Å². The molecular weight excluding hydrogens is 336 g/mol. The Kier molecular flexibility index (Phi) is 4.73. The van der Waals surface area contributed by atoms with Crippen LogP contribution in [0.4, 0.5) is 0 Å². The number of nitrogens with zero attached hydrogens (tertiary/aromatic N) is 2. The highest BCUT2D eigenvalue weighted by atomic mass is 16.2. The first-order valence-electron chi connectivity index (χ1n) is 9.77. The van der Waals surface area contributed by atoms with Crippen molar-refractivity contribution >= 4 is 11.8 Å². The summed E-state index contributed by atoms with van der Waals surface area (Å²) in [4.78, 5) is 30.1. The van der Waals surface area contributed by atoms with Gasteiger partial charge in [0.25, 0.3) is 0 Å². The molecule has 4 atom stereocenters. The molecule has 0 N–H and O–H groups in total. The van der Waals surface area contributed by atoms with Gasteiger partial charge in [0.1, 0.15) is 0 Å². The van der Waals surface area contributed by atoms with Gasteiger partial charge < -0.3 is 9.80 Å². The number of likely N-dealkylation sites (tertiary alicyclic amines) is 2. The zero-order chi connectivity index (χ0) is 19.0. The lowest BCUT2D eigenvalue weighted by Gasteiger charge is -2.48. The molecule has 2 aliphatic heterocycles. The molecule has 2 aliphatic rings. The molecule has 2 fully saturated rings. The molecule has 0 saturated carbocycles. The molecule has 0 aromatic heterocycles. The van der Waals surface area contributed by atoms with E-state index in [1.807, 2.05) is 70.5 Å². The lowest BCUT2D eigenvalue weighted by atomic mass is 9.81. The van der Waals surface area contributed by atoms with Crippen molar-refractivity contribution in [1.82, 2.24) is 9.80 Å². The van der Waals surface area contributed by atoms with E-state index >= 15 is 0 Å². The van der Waals surface area contributed by atoms with Crippen molar-refractivity contribution in [1.29, 1.82) is 0 Å². The Morgan fingerprint density at radius 3 is 1.44 bits per heavy atom. The van der Waals surface area contributed by atoms with Gasteiger partial charge >= 0.3 is 0 Å². The number of hydrogen-bond acceptors (Lipinski definition) is 2. The molecule has 0 aliphatic carbocycles. The van der Waals surface area contributed by atoms with Gasteiger partial charge in [0.2, 0.25) is 11.8 Å². The Bertz CT molecular complexity index is 751. The van der Waals surface area contributed by atoms with E-state index in [2.05, 4.69) is 13.8 Å². The third-order valence-electron chi connectivity index (χ3n) is 6.17. The summed E-state index contributed by atoms with van der Waals surface area (Å²) in [5, 5.41) is 0. The number of amides is 2. The predicted molar refractivity (Wildman–Crippen MR) is 105 cm³/mol. The summed E-state index contributed by atoms with van der Waals surface area (Å²) >= 11 is 0. The summed E-state index contributed by atoms with van der Waals surface area (Å²) in [5.41, 5.74) is 2.24. The van der Waals surface area contributed by atoms with Crippen molar-refractivity contribution in [3.63, 3.8) is 0 Å². The van der Waals surface area contributed by atoms with Crippen molar-refractivity contribution in [3.05, 3.63) is 71.8 Å². The molecule has 2 bridgehead atoms. The Balaban J connectivity index is 1.55. The third-order valence-corrected chi connectivity index (χ3v) is 6.17. The van der Waals surface area contributed by atoms with Crippen LogP contribution in [0.25, 0.3) is 0 Å². The number of fused-ring (bicyclic) bond motifs is 2. The molecule has 4 nitrogen and oxygen atoms in total. The summed E-state index contributed by atoms with van der Waals surface area (Å²) in [7, 11) is 0. The largest absolute Gasteiger partial charge is 0.335 e. The maximum absolute atomic E-state index is 13.2. The van der Waals surface area contributed by atoms with Crippen LogP contribution in [0.3, 0.4) is 0 Å². The van der Waals surface area contributed by atoms with E-state index < -0.39 is 0 Å². The fraction of sp³-hybridized carbons (Fsp3) is 0.391. The number of piperidine rings is 2. The van der Waals surface area contributed by atoms with Gasteiger partial charge in [-0.15, -0.1) is 0 Å². The van der Waals surface area contributed by atoms with Crippen LogP contribution in [0.1, 0.15) is 43.5 Å². The smallest absolute Gasteiger partial charge is 0.228 e. The minimum Gasteiger partial charge on any atom is -0.335 e. The van der Waals surface area contributed by atoms with Crippen LogP contribution in [0.2, 0.25) is 0 Å². The van der Waals surface area contributed by atoms with Gasteiger partial charge in [0, 0.05) is 13.1 Å². The van der Waals surface area contributed by atoms with Crippen LogP contribution in [0, 0.1) is 11.8 Å². The van der Waals surface area contributed by atoms with Gasteiger partial charge in [0.15, 0.2) is 0 Å². The number of hydrogen-bond donors (Lipinski definition) is 0. The first kappa shape index (κ1) is 17.8. The fourth-order valence-corrected chi connectivity index (χ4v) is 4.50. The number of benzene rings is 2. The highest BCUT2D eigenvalue weighted by molar-refractivity contribution is 5.88. The molecule has 2 aromatic rings. The molecule has 2 saturated heterocycles. The average molecular weight is 362 g/mol. The zero-order valence-electron chi connectivity index (χ0n) is 15.9. The molecule has 1 unspecified atom stereocenters. The summed E-state index contributed by atoms with van der Waals surface area (Å²) in [6.07, 6.45) is 0.688. The summed E-state index contributed by atoms with van der Waals surface area (Å²) in [5.74, 6) is 0.165. The average Bonchev–Trinajstić information content (AvgIpc) is 2.72. The van der Waals surface area contributed by atoms with Gasteiger partial charge in [-0.25, -0.2) is 0 Å². The van der Waals surface area contributed by atoms with Crippen molar-refractivity contribution in [3.8, 4) is 0 Å². The zero-order valence-corrected chi connectivity index (χ0v) is 15.9. The first-order chi connectivity index (χ1) is 13.1. The number of rotatable bonds is 4. The Hall–Kier alpha value is -2.62. The molecule has 4 heteroatoms. The monoisotopic (exact) mass is 362 g/mol. The normalized spacial score (nSPS) is 24.7. The molecule has 2 amide bonds. The van der Waals surface area contributed by atoms with E-state index in [0.717, 1.165) is 11.1 Å². The SMILES string of the molecule is C[C@H](c1ccccc1)N1C[C@@H]2CC(CN([C@H](C)c3ccccc3)C2=O)C1=O. The second-order valence-electron chi connectivity index (χ2n) is 7.78. The van der Waals surface area contributed by atoms with Crippen molar-refractivity contribution < 1.29 is 9.59 Å². The lowest BCUT2D eigenvalue weighted by Crippen LogP contribution is -2.58. The standard InChI is InChI=1S/C23H26N2O2/c1-16(18-9-5-3-6-10-18)24-14-20-13-21(22(24)26)15-25(23(20)27)17(2)19-11-7-4-8-12-19/h3-12,16-17,20-21H,13-15H2,1-2H3/t16-,17-,20+,21?/m1/s1. The third kappa shape index (κ3) is 3.25. The maximum Gasteiger partial charge on any atom is 0.228 e. The quantitative estimate of drug-likeness (QED) is 0.830. The maximum atomic E-state index is 13.2. The van der Waals surface area contributed by atoms with Crippen LogP contribution in [-0.4, -0.2) is 34.7 Å². The molecule has 0 radical (unpaired) electrons. The van der Waals surface area contributed by atoms with Crippen molar-refractivity contribution in [2.75, 3.05) is 13.1 Å². The Morgan fingerprint density at radius 2 is 1.07 bits per heavy atom. The second-order valence-corrected chi connectivity index (χ2v) is 7.78. The van der Waals surface area contributed by atoms with Crippen LogP contribution in [-0.2, 0) is 9.59 Å². The van der Waals surface area contributed by atoms with Crippen LogP contribution in [0.5, 0.6) is 0 Å². The van der Waals surface area contributed by atoms with E-state index in [9.17, 15) is 9.59 Å². The molecule has 2 heterocycles. The van der Waals surface area contributed by atoms with E-state index in [1.54, 1.807) is 0 Å². The fourth-order valence-electron chi connectivity index (χ4n) is 4.50. The van der Waals surface area contributed by atoms with Crippen LogP contribution < -0.4 is 0 Å². The molecule has 0 spiro atoms. The summed E-state index contributed by atoms with van der Waals surface area (Å²) < 4.78 is 0. The highest BCUT2D eigenvalue weighted by Gasteiger charge is 2.46. The molecule has 2 aromatic carbocycles. The Labute approximate surface area is 160 Å². The van der Waals surface area contributed by atoms with Crippen LogP contribution >= 0.6 is 0 Å². The molecular formula is C23H26N2O2. The first-order valence-corrected chi connectivity index (χ1v) is 9.77. The van der Waals surface area contributed by atoms with Gasteiger partial charge in [0.05, 0.1) is 23.9 Å². The number of carbonyl (C=O) groups excluding carboxylic acids is 2. The molecule has 4 rings (SSSR count). The number of carbonyl (C=O) groups is 2. The predicted octanol–water partition coefficient (Wildman–Crippen LogP) is 3.82. The van der Waals surface area contributed by atoms with Gasteiger partial charge in [-0.05, 0) is 31.4 Å². The molecule has 140 valence electrons. The highest BCUT2D eigenvalue weighted by Crippen LogP contribution is 2.37. The Morgan fingerprint density at radius 1 is 0.704 bits per heavy atom. The summed E-state index contributed by atoms with van der Waals surface area (Å²) in [6.45, 7) is 5.15. The van der Waals surface area contributed by atoms with E-state index in [1.165, 1.54) is 0 Å². The van der Waals surface area contributed by atoms with Gasteiger partial charge in [-0.2, -0.15) is 0 Å². The lowest BCUT2D eigenvalue weighted by molar-refractivity contribution is -0.159. The summed E-state index contributed by atoms with van der Waals surface area (Å²) in [6, 6.07) is 20.1. The van der Waals surface area contributed by atoms with E-state index in [-0.39, 0.29) is 35.7 Å². The van der Waals surface area contributed by atoms with E-state index in [0.29, 0.717) is 19.5 Å². The van der Waals surface area contributed by atoms with Crippen LogP contribution in [0.15, 0.2) is 60.7 Å². The molecule has 27 heavy (non-hydrogen) atoms. The minimum absolute atomic E-state index is 0.00473. The van der Waals surface area contributed by atoms with E-state index in [4.69, 9.17) is 0 Å². The van der Waals surface area contributed by atoms with Gasteiger partial charge in [-0.3, -0.25) is 9.59 Å². The van der Waals surface area contributed by atoms with Crippen molar-refractivity contribution in [2.45, 2.75) is 32.4 Å².